The summed E-state index contributed by atoms with van der Waals surface area (Å²) in [6.07, 6.45) is 10.6. The van der Waals surface area contributed by atoms with Crippen molar-refractivity contribution < 1.29 is 4.79 Å². The maximum atomic E-state index is 12.0. The summed E-state index contributed by atoms with van der Waals surface area (Å²) in [5.74, 6) is 1.95. The number of hydrogen-bond donors (Lipinski definition) is 2. The number of rotatable bonds is 3. The van der Waals surface area contributed by atoms with E-state index < -0.39 is 0 Å². The van der Waals surface area contributed by atoms with Gasteiger partial charge in [0.2, 0.25) is 0 Å². The van der Waals surface area contributed by atoms with Gasteiger partial charge < -0.3 is 15.2 Å². The fourth-order valence-electron chi connectivity index (χ4n) is 3.32. The van der Waals surface area contributed by atoms with E-state index in [1.54, 1.807) is 0 Å². The molecule has 6 nitrogen and oxygen atoms in total. The predicted molar refractivity (Wildman–Crippen MR) is 79.8 cm³/mol. The van der Waals surface area contributed by atoms with Crippen molar-refractivity contribution in [3.05, 3.63) is 11.6 Å². The van der Waals surface area contributed by atoms with Crippen LogP contribution in [0.5, 0.6) is 0 Å². The van der Waals surface area contributed by atoms with E-state index in [4.69, 9.17) is 0 Å². The highest BCUT2D eigenvalue weighted by Crippen LogP contribution is 2.17. The van der Waals surface area contributed by atoms with E-state index in [-0.39, 0.29) is 6.03 Å². The lowest BCUT2D eigenvalue weighted by molar-refractivity contribution is 0.232. The molecule has 1 aromatic heterocycles. The summed E-state index contributed by atoms with van der Waals surface area (Å²) in [6, 6.07) is 0.266. The van der Waals surface area contributed by atoms with Crippen molar-refractivity contribution in [3.8, 4) is 0 Å². The van der Waals surface area contributed by atoms with Crippen LogP contribution < -0.4 is 10.6 Å². The van der Waals surface area contributed by atoms with Gasteiger partial charge in [-0.3, -0.25) is 0 Å². The number of urea groups is 1. The summed E-state index contributed by atoms with van der Waals surface area (Å²) in [5, 5.41) is 14.5. The van der Waals surface area contributed by atoms with Crippen molar-refractivity contribution in [2.24, 2.45) is 0 Å². The van der Waals surface area contributed by atoms with Crippen molar-refractivity contribution in [2.75, 3.05) is 0 Å². The molecule has 1 aliphatic heterocycles. The average Bonchev–Trinajstić information content (AvgIpc) is 2.73. The average molecular weight is 291 g/mol. The van der Waals surface area contributed by atoms with E-state index in [1.165, 1.54) is 38.5 Å². The Morgan fingerprint density at radius 2 is 1.90 bits per heavy atom. The van der Waals surface area contributed by atoms with Crippen LogP contribution in [0.25, 0.3) is 0 Å². The Kier molecular flexibility index (Phi) is 4.72. The van der Waals surface area contributed by atoms with Gasteiger partial charge in [-0.2, -0.15) is 0 Å². The second-order valence-corrected chi connectivity index (χ2v) is 6.16. The van der Waals surface area contributed by atoms with Crippen molar-refractivity contribution in [1.29, 1.82) is 0 Å². The minimum absolute atomic E-state index is 0.0760. The van der Waals surface area contributed by atoms with Crippen LogP contribution in [0.1, 0.15) is 63.0 Å². The number of aromatic nitrogens is 3. The number of fused-ring (bicyclic) bond motifs is 1. The zero-order chi connectivity index (χ0) is 14.5. The van der Waals surface area contributed by atoms with Gasteiger partial charge in [0.25, 0.3) is 0 Å². The molecule has 1 aliphatic carbocycles. The predicted octanol–water partition coefficient (Wildman–Crippen LogP) is 2.14. The molecular formula is C15H25N5O. The van der Waals surface area contributed by atoms with Crippen LogP contribution >= 0.6 is 0 Å². The molecule has 1 aromatic rings. The molecule has 21 heavy (non-hydrogen) atoms. The fourth-order valence-corrected chi connectivity index (χ4v) is 3.32. The first-order valence-corrected chi connectivity index (χ1v) is 8.28. The number of nitrogens with one attached hydrogen (secondary N) is 2. The molecule has 116 valence electrons. The topological polar surface area (TPSA) is 71.8 Å². The van der Waals surface area contributed by atoms with Gasteiger partial charge in [0.1, 0.15) is 5.82 Å². The number of carbonyl (C=O) groups excluding carboxylic acids is 1. The quantitative estimate of drug-likeness (QED) is 0.896. The Balaban J connectivity index is 1.50. The van der Waals surface area contributed by atoms with Crippen LogP contribution in [0.3, 0.4) is 0 Å². The molecular weight excluding hydrogens is 266 g/mol. The van der Waals surface area contributed by atoms with Crippen LogP contribution in [-0.2, 0) is 19.5 Å². The summed E-state index contributed by atoms with van der Waals surface area (Å²) in [4.78, 5) is 12.0. The molecule has 0 unspecified atom stereocenters. The highest BCUT2D eigenvalue weighted by molar-refractivity contribution is 5.74. The van der Waals surface area contributed by atoms with Crippen LogP contribution in [0.4, 0.5) is 4.79 Å². The fraction of sp³-hybridized carbons (Fsp3) is 0.800. The molecule has 2 heterocycles. The molecule has 1 saturated carbocycles. The molecule has 0 bridgehead atoms. The minimum Gasteiger partial charge on any atom is -0.335 e. The van der Waals surface area contributed by atoms with Gasteiger partial charge in [-0.25, -0.2) is 4.79 Å². The zero-order valence-corrected chi connectivity index (χ0v) is 12.6. The van der Waals surface area contributed by atoms with Gasteiger partial charge in [0.05, 0.1) is 6.54 Å². The Labute approximate surface area is 125 Å². The summed E-state index contributed by atoms with van der Waals surface area (Å²) in [6.45, 7) is 1.44. The van der Waals surface area contributed by atoms with Crippen LogP contribution in [0.15, 0.2) is 0 Å². The first kappa shape index (κ1) is 14.4. The van der Waals surface area contributed by atoms with Crippen LogP contribution in [-0.4, -0.2) is 26.8 Å². The molecule has 2 N–H and O–H groups in total. The molecule has 1 fully saturated rings. The summed E-state index contributed by atoms with van der Waals surface area (Å²) >= 11 is 0. The Morgan fingerprint density at radius 3 is 2.76 bits per heavy atom. The van der Waals surface area contributed by atoms with E-state index in [1.807, 2.05) is 0 Å². The smallest absolute Gasteiger partial charge is 0.315 e. The van der Waals surface area contributed by atoms with Crippen molar-refractivity contribution >= 4 is 6.03 Å². The number of nitrogens with zero attached hydrogens (tertiary/aromatic N) is 3. The summed E-state index contributed by atoms with van der Waals surface area (Å²) < 4.78 is 2.17. The lowest BCUT2D eigenvalue weighted by atomic mass is 9.96. The number of aryl methyl sites for hydroxylation is 1. The van der Waals surface area contributed by atoms with Gasteiger partial charge >= 0.3 is 6.03 Å². The molecule has 0 spiro atoms. The maximum Gasteiger partial charge on any atom is 0.315 e. The van der Waals surface area contributed by atoms with Crippen molar-refractivity contribution in [2.45, 2.75) is 76.9 Å². The van der Waals surface area contributed by atoms with E-state index in [0.29, 0.717) is 12.6 Å². The molecule has 6 heteroatoms. The third kappa shape index (κ3) is 3.74. The largest absolute Gasteiger partial charge is 0.335 e. The molecule has 0 radical (unpaired) electrons. The van der Waals surface area contributed by atoms with Gasteiger partial charge in [-0.05, 0) is 25.7 Å². The number of hydrogen-bond acceptors (Lipinski definition) is 3. The minimum atomic E-state index is -0.0760. The van der Waals surface area contributed by atoms with Gasteiger partial charge in [0, 0.05) is 19.0 Å². The SMILES string of the molecule is O=C(NCc1nnc2n1CCCCC2)NC1CCCCC1. The third-order valence-electron chi connectivity index (χ3n) is 4.53. The molecule has 0 aromatic carbocycles. The van der Waals surface area contributed by atoms with Crippen molar-refractivity contribution in [1.82, 2.24) is 25.4 Å². The lowest BCUT2D eigenvalue weighted by Crippen LogP contribution is -2.42. The van der Waals surface area contributed by atoms with Crippen LogP contribution in [0.2, 0.25) is 0 Å². The number of amides is 2. The maximum absolute atomic E-state index is 12.0. The first-order valence-electron chi connectivity index (χ1n) is 8.28. The lowest BCUT2D eigenvalue weighted by Gasteiger charge is -2.22. The monoisotopic (exact) mass is 291 g/mol. The third-order valence-corrected chi connectivity index (χ3v) is 4.53. The van der Waals surface area contributed by atoms with Gasteiger partial charge in [-0.15, -0.1) is 10.2 Å². The van der Waals surface area contributed by atoms with Crippen LogP contribution in [0, 0.1) is 0 Å². The number of carbonyl (C=O) groups is 1. The van der Waals surface area contributed by atoms with E-state index in [9.17, 15) is 4.79 Å². The second-order valence-electron chi connectivity index (χ2n) is 6.16. The van der Waals surface area contributed by atoms with Crippen molar-refractivity contribution in [3.63, 3.8) is 0 Å². The molecule has 0 saturated heterocycles. The normalized spacial score (nSPS) is 19.6. The Morgan fingerprint density at radius 1 is 1.10 bits per heavy atom. The summed E-state index contributed by atoms with van der Waals surface area (Å²) in [5.41, 5.74) is 0. The van der Waals surface area contributed by atoms with E-state index >= 15 is 0 Å². The molecule has 0 atom stereocenters. The standard InChI is InChI=1S/C15H25N5O/c21-15(17-12-7-3-1-4-8-12)16-11-14-19-18-13-9-5-2-6-10-20(13)14/h12H,1-11H2,(H2,16,17,21). The summed E-state index contributed by atoms with van der Waals surface area (Å²) in [7, 11) is 0. The van der Waals surface area contributed by atoms with Gasteiger partial charge in [-0.1, -0.05) is 25.7 Å². The Hall–Kier alpha value is -1.59. The first-order chi connectivity index (χ1) is 10.3. The van der Waals surface area contributed by atoms with E-state index in [0.717, 1.165) is 37.5 Å². The molecule has 2 aliphatic rings. The highest BCUT2D eigenvalue weighted by Gasteiger charge is 2.17. The second kappa shape index (κ2) is 6.91. The highest BCUT2D eigenvalue weighted by atomic mass is 16.2. The molecule has 3 rings (SSSR count). The zero-order valence-electron chi connectivity index (χ0n) is 12.6. The Bertz CT molecular complexity index is 478. The van der Waals surface area contributed by atoms with Gasteiger partial charge in [0.15, 0.2) is 5.82 Å². The van der Waals surface area contributed by atoms with E-state index in [2.05, 4.69) is 25.4 Å². The molecule has 2 amide bonds.